The molecular formula is C14H15N7O6S. The maximum absolute atomic E-state index is 11.2. The van der Waals surface area contributed by atoms with Crippen molar-refractivity contribution in [3.63, 3.8) is 0 Å². The monoisotopic (exact) mass is 409 g/mol. The molecule has 3 aromatic heterocycles. The Kier molecular flexibility index (Phi) is 4.72. The number of aryl methyl sites for hydroxylation is 1. The molecule has 1 aliphatic rings. The highest BCUT2D eigenvalue weighted by Gasteiger charge is 2.44. The summed E-state index contributed by atoms with van der Waals surface area (Å²) in [7, 11) is 1.63. The van der Waals surface area contributed by atoms with E-state index in [4.69, 9.17) is 4.74 Å². The normalized spacial score (nSPS) is 24.9. The second-order valence-corrected chi connectivity index (χ2v) is 7.06. The van der Waals surface area contributed by atoms with Gasteiger partial charge in [0, 0.05) is 7.05 Å². The second kappa shape index (κ2) is 7.06. The average molecular weight is 409 g/mol. The molecule has 0 bridgehead atoms. The predicted molar refractivity (Wildman–Crippen MR) is 92.3 cm³/mol. The minimum atomic E-state index is -1.32. The van der Waals surface area contributed by atoms with Crippen LogP contribution in [0.2, 0.25) is 0 Å². The van der Waals surface area contributed by atoms with E-state index in [2.05, 4.69) is 20.1 Å². The van der Waals surface area contributed by atoms with Crippen molar-refractivity contribution in [1.82, 2.24) is 29.3 Å². The van der Waals surface area contributed by atoms with E-state index < -0.39 is 36.1 Å². The summed E-state index contributed by atoms with van der Waals surface area (Å²) >= 11 is 1.03. The molecule has 0 radical (unpaired) electrons. The number of hydrogen-bond donors (Lipinski definition) is 3. The number of nitrogens with zero attached hydrogens (tertiary/aromatic N) is 7. The van der Waals surface area contributed by atoms with Crippen molar-refractivity contribution in [2.75, 3.05) is 6.61 Å². The first-order chi connectivity index (χ1) is 13.4. The Morgan fingerprint density at radius 1 is 1.32 bits per heavy atom. The topological polar surface area (TPSA) is 174 Å². The summed E-state index contributed by atoms with van der Waals surface area (Å²) in [5.74, 6) is -0.296. The number of fused-ring (bicyclic) bond motifs is 1. The third kappa shape index (κ3) is 2.91. The van der Waals surface area contributed by atoms with E-state index in [9.17, 15) is 25.4 Å². The second-order valence-electron chi connectivity index (χ2n) is 6.08. The lowest BCUT2D eigenvalue weighted by Gasteiger charge is -2.15. The summed E-state index contributed by atoms with van der Waals surface area (Å²) in [5, 5.41) is 45.9. The van der Waals surface area contributed by atoms with Crippen molar-refractivity contribution in [1.29, 1.82) is 0 Å². The fraction of sp³-hybridized carbons (Fsp3) is 0.429. The van der Waals surface area contributed by atoms with Gasteiger partial charge < -0.3 is 34.7 Å². The summed E-state index contributed by atoms with van der Waals surface area (Å²) in [6.07, 6.45) is -0.565. The molecule has 28 heavy (non-hydrogen) atoms. The highest BCUT2D eigenvalue weighted by Crippen LogP contribution is 2.37. The first-order valence-corrected chi connectivity index (χ1v) is 8.88. The van der Waals surface area contributed by atoms with Crippen LogP contribution in [0.4, 0.5) is 5.82 Å². The Labute approximate surface area is 160 Å². The molecule has 4 unspecified atom stereocenters. The van der Waals surface area contributed by atoms with Gasteiger partial charge in [0.25, 0.3) is 0 Å². The molecule has 0 aliphatic carbocycles. The maximum Gasteiger partial charge on any atom is 0.396 e. The lowest BCUT2D eigenvalue weighted by Crippen LogP contribution is -2.33. The third-order valence-electron chi connectivity index (χ3n) is 4.34. The van der Waals surface area contributed by atoms with Gasteiger partial charge in [-0.15, -0.1) is 0 Å². The Bertz CT molecular complexity index is 1040. The van der Waals surface area contributed by atoms with E-state index >= 15 is 0 Å². The molecule has 4 rings (SSSR count). The van der Waals surface area contributed by atoms with Gasteiger partial charge in [-0.25, -0.2) is 14.6 Å². The largest absolute Gasteiger partial charge is 0.396 e. The zero-order chi connectivity index (χ0) is 20.0. The Balaban J connectivity index is 1.72. The minimum absolute atomic E-state index is 0.283. The highest BCUT2D eigenvalue weighted by atomic mass is 32.2. The molecule has 0 spiro atoms. The van der Waals surface area contributed by atoms with Crippen molar-refractivity contribution in [2.24, 2.45) is 7.05 Å². The number of aliphatic hydroxyl groups is 3. The molecule has 0 amide bonds. The molecule has 1 aliphatic heterocycles. The van der Waals surface area contributed by atoms with Crippen LogP contribution in [-0.2, 0) is 11.8 Å². The molecule has 4 atom stereocenters. The summed E-state index contributed by atoms with van der Waals surface area (Å²) in [6.45, 7) is -0.464. The van der Waals surface area contributed by atoms with Gasteiger partial charge in [-0.1, -0.05) is 0 Å². The summed E-state index contributed by atoms with van der Waals surface area (Å²) in [6, 6.07) is 0. The molecule has 0 aromatic carbocycles. The van der Waals surface area contributed by atoms with Crippen LogP contribution in [0.1, 0.15) is 6.23 Å². The number of imidazole rings is 1. The van der Waals surface area contributed by atoms with E-state index in [-0.39, 0.29) is 10.8 Å². The first-order valence-electron chi connectivity index (χ1n) is 8.06. The highest BCUT2D eigenvalue weighted by molar-refractivity contribution is 7.99. The smallest absolute Gasteiger partial charge is 0.394 e. The Hall–Kier alpha value is -2.65. The van der Waals surface area contributed by atoms with Gasteiger partial charge in [0.2, 0.25) is 6.33 Å². The lowest BCUT2D eigenvalue weighted by atomic mass is 10.1. The minimum Gasteiger partial charge on any atom is -0.394 e. The van der Waals surface area contributed by atoms with Crippen LogP contribution >= 0.6 is 11.8 Å². The zero-order valence-electron chi connectivity index (χ0n) is 14.4. The van der Waals surface area contributed by atoms with Crippen LogP contribution in [0.25, 0.3) is 11.0 Å². The molecule has 13 nitrogen and oxygen atoms in total. The molecule has 3 aromatic rings. The number of ether oxygens (including phenoxy) is 1. The number of rotatable bonds is 5. The molecule has 1 saturated heterocycles. The van der Waals surface area contributed by atoms with Crippen molar-refractivity contribution in [3.8, 4) is 0 Å². The summed E-state index contributed by atoms with van der Waals surface area (Å²) in [4.78, 5) is 22.7. The van der Waals surface area contributed by atoms with Crippen molar-refractivity contribution in [2.45, 2.75) is 34.6 Å². The van der Waals surface area contributed by atoms with Crippen LogP contribution in [0.5, 0.6) is 0 Å². The summed E-state index contributed by atoms with van der Waals surface area (Å²) in [5.41, 5.74) is 0.303. The number of hydrogen-bond acceptors (Lipinski definition) is 11. The van der Waals surface area contributed by atoms with Gasteiger partial charge in [-0.3, -0.25) is 0 Å². The van der Waals surface area contributed by atoms with Crippen LogP contribution in [-0.4, -0.2) is 74.5 Å². The lowest BCUT2D eigenvalue weighted by molar-refractivity contribution is -0.392. The molecular weight excluding hydrogens is 394 g/mol. The van der Waals surface area contributed by atoms with Gasteiger partial charge in [-0.05, 0) is 21.7 Å². The Morgan fingerprint density at radius 2 is 2.11 bits per heavy atom. The molecule has 1 fully saturated rings. The van der Waals surface area contributed by atoms with Crippen molar-refractivity contribution < 1.29 is 25.0 Å². The number of aromatic nitrogens is 6. The summed E-state index contributed by atoms with van der Waals surface area (Å²) < 4.78 is 8.27. The van der Waals surface area contributed by atoms with E-state index in [1.54, 1.807) is 7.05 Å². The third-order valence-corrected chi connectivity index (χ3v) is 5.53. The maximum atomic E-state index is 11.2. The molecule has 14 heteroatoms. The number of aliphatic hydroxyl groups excluding tert-OH is 3. The van der Waals surface area contributed by atoms with E-state index in [0.29, 0.717) is 16.1 Å². The Morgan fingerprint density at radius 3 is 2.79 bits per heavy atom. The fourth-order valence-electron chi connectivity index (χ4n) is 2.93. The molecule has 4 heterocycles. The fourth-order valence-corrected chi connectivity index (χ4v) is 3.88. The SMILES string of the molecule is Cn1cnc([N+](=O)[O-])c1Sc1ncnc2c1cnn2C1OC(CO)C(O)C1O. The van der Waals surface area contributed by atoms with E-state index in [1.807, 2.05) is 0 Å². The van der Waals surface area contributed by atoms with Crippen LogP contribution in [0, 0.1) is 10.1 Å². The van der Waals surface area contributed by atoms with E-state index in [1.165, 1.54) is 28.1 Å². The van der Waals surface area contributed by atoms with Crippen LogP contribution in [0.15, 0.2) is 28.9 Å². The first kappa shape index (κ1) is 18.7. The predicted octanol–water partition coefficient (Wildman–Crippen LogP) is -0.769. The van der Waals surface area contributed by atoms with Crippen molar-refractivity contribution in [3.05, 3.63) is 29.0 Å². The standard InChI is InChI=1S/C14H15N7O6S/c1-19-5-17-11(21(25)26)14(19)28-12-6-2-18-20(10(6)15-4-16-12)13-9(24)8(23)7(3-22)27-13/h2,4-5,7-9,13,22-24H,3H2,1H3. The van der Waals surface area contributed by atoms with Crippen LogP contribution < -0.4 is 0 Å². The van der Waals surface area contributed by atoms with Crippen LogP contribution in [0.3, 0.4) is 0 Å². The van der Waals surface area contributed by atoms with Gasteiger partial charge in [0.1, 0.15) is 29.7 Å². The molecule has 148 valence electrons. The molecule has 3 N–H and O–H groups in total. The van der Waals surface area contributed by atoms with Gasteiger partial charge in [-0.2, -0.15) is 5.10 Å². The molecule has 0 saturated carbocycles. The average Bonchev–Trinajstić information content (AvgIpc) is 3.33. The number of nitro groups is 1. The zero-order valence-corrected chi connectivity index (χ0v) is 15.2. The van der Waals surface area contributed by atoms with Gasteiger partial charge in [0.15, 0.2) is 16.9 Å². The van der Waals surface area contributed by atoms with Gasteiger partial charge in [0.05, 0.1) is 18.2 Å². The van der Waals surface area contributed by atoms with E-state index in [0.717, 1.165) is 11.8 Å². The quantitative estimate of drug-likeness (QED) is 0.274. The van der Waals surface area contributed by atoms with Gasteiger partial charge >= 0.3 is 5.82 Å². The van der Waals surface area contributed by atoms with Crippen molar-refractivity contribution >= 4 is 28.6 Å².